The Labute approximate surface area is 118 Å². The van der Waals surface area contributed by atoms with E-state index < -0.39 is 10.0 Å². The molecule has 0 aliphatic rings. The summed E-state index contributed by atoms with van der Waals surface area (Å²) in [4.78, 5) is 3.90. The zero-order chi connectivity index (χ0) is 14.5. The molecule has 6 nitrogen and oxygen atoms in total. The van der Waals surface area contributed by atoms with Gasteiger partial charge in [0, 0.05) is 13.2 Å². The molecule has 3 N–H and O–H groups in total. The summed E-state index contributed by atoms with van der Waals surface area (Å²) in [5.41, 5.74) is 5.92. The number of nitrogens with zero attached hydrogens (tertiary/aromatic N) is 1. The summed E-state index contributed by atoms with van der Waals surface area (Å²) < 4.78 is 31.9. The predicted octanol–water partition coefficient (Wildman–Crippen LogP) is 1.37. The second-order valence-electron chi connectivity index (χ2n) is 4.62. The van der Waals surface area contributed by atoms with Crippen LogP contribution in [0.15, 0.2) is 4.21 Å². The summed E-state index contributed by atoms with van der Waals surface area (Å²) in [6, 6.07) is 0. The minimum absolute atomic E-state index is 0.173. The van der Waals surface area contributed by atoms with E-state index in [0.29, 0.717) is 24.8 Å². The Hall–Kier alpha value is -0.700. The molecule has 0 amide bonds. The van der Waals surface area contributed by atoms with E-state index in [9.17, 15) is 8.42 Å². The minimum atomic E-state index is -3.53. The highest BCUT2D eigenvalue weighted by atomic mass is 32.2. The second-order valence-corrected chi connectivity index (χ2v) is 7.61. The first-order chi connectivity index (χ1) is 8.83. The number of hydrogen-bond acceptors (Lipinski definition) is 6. The molecule has 0 spiro atoms. The molecule has 1 aromatic heterocycles. The number of nitrogens with one attached hydrogen (secondary N) is 1. The van der Waals surface area contributed by atoms with E-state index in [-0.39, 0.29) is 15.9 Å². The standard InChI is InChI=1S/C11H21N3O3S2/c1-8(2)4-6-17-7-5-13-19(15,16)10-9(3)14-11(12)18-10/h8,13H,4-7H2,1-3H3,(H2,12,14). The fraction of sp³-hybridized carbons (Fsp3) is 0.727. The van der Waals surface area contributed by atoms with E-state index in [4.69, 9.17) is 10.5 Å². The molecule has 0 radical (unpaired) electrons. The first kappa shape index (κ1) is 16.4. The van der Waals surface area contributed by atoms with Crippen LogP contribution in [0.25, 0.3) is 0 Å². The van der Waals surface area contributed by atoms with E-state index in [1.165, 1.54) is 0 Å². The molecule has 0 atom stereocenters. The number of ether oxygens (including phenoxy) is 1. The van der Waals surface area contributed by atoms with Gasteiger partial charge in [0.2, 0.25) is 0 Å². The Balaban J connectivity index is 2.38. The molecular formula is C11H21N3O3S2. The Kier molecular flexibility index (Phi) is 6.18. The zero-order valence-corrected chi connectivity index (χ0v) is 13.1. The highest BCUT2D eigenvalue weighted by Gasteiger charge is 2.20. The van der Waals surface area contributed by atoms with Crippen LogP contribution in [0.2, 0.25) is 0 Å². The molecular weight excluding hydrogens is 286 g/mol. The Morgan fingerprint density at radius 2 is 2.11 bits per heavy atom. The fourth-order valence-corrected chi connectivity index (χ4v) is 3.74. The van der Waals surface area contributed by atoms with Crippen molar-refractivity contribution in [3.8, 4) is 0 Å². The van der Waals surface area contributed by atoms with Gasteiger partial charge in [0.1, 0.15) is 0 Å². The smallest absolute Gasteiger partial charge is 0.252 e. The van der Waals surface area contributed by atoms with Crippen LogP contribution in [0.1, 0.15) is 26.0 Å². The van der Waals surface area contributed by atoms with Gasteiger partial charge in [-0.05, 0) is 19.3 Å². The van der Waals surface area contributed by atoms with Gasteiger partial charge in [-0.15, -0.1) is 0 Å². The van der Waals surface area contributed by atoms with Gasteiger partial charge in [-0.3, -0.25) is 0 Å². The van der Waals surface area contributed by atoms with E-state index in [1.807, 2.05) is 0 Å². The van der Waals surface area contributed by atoms with Crippen LogP contribution in [0.5, 0.6) is 0 Å². The topological polar surface area (TPSA) is 94.3 Å². The number of thiazole rings is 1. The van der Waals surface area contributed by atoms with Crippen LogP contribution < -0.4 is 10.5 Å². The molecule has 0 aromatic carbocycles. The average molecular weight is 307 g/mol. The number of nitrogen functional groups attached to an aromatic ring is 1. The van der Waals surface area contributed by atoms with Gasteiger partial charge in [0.25, 0.3) is 10.0 Å². The summed E-state index contributed by atoms with van der Waals surface area (Å²) in [6.07, 6.45) is 0.969. The highest BCUT2D eigenvalue weighted by molar-refractivity contribution is 7.91. The van der Waals surface area contributed by atoms with Gasteiger partial charge in [0.05, 0.1) is 12.3 Å². The van der Waals surface area contributed by atoms with Crippen LogP contribution in [0, 0.1) is 12.8 Å². The summed E-state index contributed by atoms with van der Waals surface area (Å²) in [7, 11) is -3.53. The fourth-order valence-electron chi connectivity index (χ4n) is 1.39. The maximum absolute atomic E-state index is 12.0. The van der Waals surface area contributed by atoms with Gasteiger partial charge in [0.15, 0.2) is 9.34 Å². The van der Waals surface area contributed by atoms with Gasteiger partial charge < -0.3 is 10.5 Å². The predicted molar refractivity (Wildman–Crippen MR) is 76.7 cm³/mol. The monoisotopic (exact) mass is 307 g/mol. The molecule has 0 bridgehead atoms. The summed E-state index contributed by atoms with van der Waals surface area (Å²) in [6.45, 7) is 7.11. The average Bonchev–Trinajstić information content (AvgIpc) is 2.63. The zero-order valence-electron chi connectivity index (χ0n) is 11.5. The molecule has 8 heteroatoms. The van der Waals surface area contributed by atoms with Crippen molar-refractivity contribution in [1.29, 1.82) is 0 Å². The quantitative estimate of drug-likeness (QED) is 0.707. The minimum Gasteiger partial charge on any atom is -0.380 e. The molecule has 0 fully saturated rings. The summed E-state index contributed by atoms with van der Waals surface area (Å²) in [5.74, 6) is 0.583. The number of hydrogen-bond donors (Lipinski definition) is 2. The van der Waals surface area contributed by atoms with Crippen molar-refractivity contribution in [3.63, 3.8) is 0 Å². The molecule has 110 valence electrons. The van der Waals surface area contributed by atoms with Crippen LogP contribution in [0.3, 0.4) is 0 Å². The van der Waals surface area contributed by atoms with Crippen molar-refractivity contribution in [3.05, 3.63) is 5.69 Å². The van der Waals surface area contributed by atoms with Crippen LogP contribution in [-0.2, 0) is 14.8 Å². The van der Waals surface area contributed by atoms with Gasteiger partial charge >= 0.3 is 0 Å². The number of aryl methyl sites for hydroxylation is 1. The molecule has 19 heavy (non-hydrogen) atoms. The van der Waals surface area contributed by atoms with Crippen LogP contribution >= 0.6 is 11.3 Å². The normalized spacial score (nSPS) is 12.2. The Bertz CT molecular complexity index is 497. The lowest BCUT2D eigenvalue weighted by atomic mass is 10.1. The largest absolute Gasteiger partial charge is 0.380 e. The lowest BCUT2D eigenvalue weighted by Gasteiger charge is -2.07. The van der Waals surface area contributed by atoms with Crippen LogP contribution in [-0.4, -0.2) is 33.2 Å². The van der Waals surface area contributed by atoms with Gasteiger partial charge in [-0.1, -0.05) is 25.2 Å². The highest BCUT2D eigenvalue weighted by Crippen LogP contribution is 2.24. The lowest BCUT2D eigenvalue weighted by Crippen LogP contribution is -2.27. The molecule has 0 saturated heterocycles. The van der Waals surface area contributed by atoms with E-state index in [1.54, 1.807) is 6.92 Å². The number of nitrogens with two attached hydrogens (primary N) is 1. The molecule has 0 saturated carbocycles. The summed E-state index contributed by atoms with van der Waals surface area (Å²) in [5, 5.41) is 0.256. The number of sulfonamides is 1. The van der Waals surface area contributed by atoms with Gasteiger partial charge in [-0.25, -0.2) is 18.1 Å². The number of rotatable bonds is 8. The van der Waals surface area contributed by atoms with Gasteiger partial charge in [-0.2, -0.15) is 0 Å². The van der Waals surface area contributed by atoms with Crippen molar-refractivity contribution in [2.45, 2.75) is 31.4 Å². The van der Waals surface area contributed by atoms with Crippen molar-refractivity contribution in [2.75, 3.05) is 25.5 Å². The number of aromatic nitrogens is 1. The third-order valence-corrected chi connectivity index (χ3v) is 5.45. The maximum Gasteiger partial charge on any atom is 0.252 e. The Morgan fingerprint density at radius 1 is 1.42 bits per heavy atom. The maximum atomic E-state index is 12.0. The third-order valence-electron chi connectivity index (χ3n) is 2.39. The van der Waals surface area contributed by atoms with E-state index in [2.05, 4.69) is 23.6 Å². The third kappa shape index (κ3) is 5.43. The van der Waals surface area contributed by atoms with Crippen molar-refractivity contribution >= 4 is 26.5 Å². The molecule has 0 aliphatic carbocycles. The van der Waals surface area contributed by atoms with E-state index >= 15 is 0 Å². The van der Waals surface area contributed by atoms with E-state index in [0.717, 1.165) is 17.8 Å². The van der Waals surface area contributed by atoms with Crippen LogP contribution in [0.4, 0.5) is 5.13 Å². The molecule has 1 aromatic rings. The van der Waals surface area contributed by atoms with Crippen molar-refractivity contribution in [1.82, 2.24) is 9.71 Å². The molecule has 0 aliphatic heterocycles. The summed E-state index contributed by atoms with van der Waals surface area (Å²) >= 11 is 0.969. The molecule has 1 heterocycles. The lowest BCUT2D eigenvalue weighted by molar-refractivity contribution is 0.128. The van der Waals surface area contributed by atoms with Crippen molar-refractivity contribution in [2.24, 2.45) is 5.92 Å². The first-order valence-corrected chi connectivity index (χ1v) is 8.43. The Morgan fingerprint density at radius 3 is 2.63 bits per heavy atom. The van der Waals surface area contributed by atoms with Crippen molar-refractivity contribution < 1.29 is 13.2 Å². The number of anilines is 1. The second kappa shape index (κ2) is 7.18. The molecule has 1 rings (SSSR count). The SMILES string of the molecule is Cc1nc(N)sc1S(=O)(=O)NCCOCCC(C)C. The molecule has 0 unspecified atom stereocenters. The first-order valence-electron chi connectivity index (χ1n) is 6.13.